The lowest BCUT2D eigenvalue weighted by atomic mass is 10.1. The van der Waals surface area contributed by atoms with Crippen molar-refractivity contribution >= 4 is 17.6 Å². The van der Waals surface area contributed by atoms with Crippen LogP contribution in [0.15, 0.2) is 24.3 Å². The Bertz CT molecular complexity index is 349. The number of benzene rings is 1. The van der Waals surface area contributed by atoms with Crippen molar-refractivity contribution in [2.45, 2.75) is 20.0 Å². The minimum Gasteiger partial charge on any atom is -0.478 e. The number of hydrogen-bond donors (Lipinski definition) is 1. The first-order valence-electron chi connectivity index (χ1n) is 4.66. The van der Waals surface area contributed by atoms with Crippen molar-refractivity contribution in [2.75, 3.05) is 0 Å². The van der Waals surface area contributed by atoms with E-state index in [4.69, 9.17) is 21.4 Å². The summed E-state index contributed by atoms with van der Waals surface area (Å²) < 4.78 is 5.34. The highest BCUT2D eigenvalue weighted by atomic mass is 35.5. The molecular weight excluding hydrogens is 216 g/mol. The van der Waals surface area contributed by atoms with E-state index in [9.17, 15) is 4.79 Å². The molecule has 1 aromatic carbocycles. The molecule has 1 atom stereocenters. The highest BCUT2D eigenvalue weighted by Gasteiger charge is 2.23. The van der Waals surface area contributed by atoms with Gasteiger partial charge in [-0.2, -0.15) is 0 Å². The molecule has 0 aliphatic heterocycles. The lowest BCUT2D eigenvalue weighted by Crippen LogP contribution is -2.32. The number of carboxylic acids is 1. The molecule has 3 nitrogen and oxygen atoms in total. The molecule has 15 heavy (non-hydrogen) atoms. The number of hydrogen-bond acceptors (Lipinski definition) is 2. The Balaban J connectivity index is 2.84. The lowest BCUT2D eigenvalue weighted by molar-refractivity contribution is -0.147. The molecule has 1 unspecified atom stereocenters. The SMILES string of the molecule is CC(C)C(Oc1ccccc1Cl)C(=O)O. The van der Waals surface area contributed by atoms with Gasteiger partial charge in [0.15, 0.2) is 6.10 Å². The number of rotatable bonds is 4. The molecule has 0 saturated carbocycles. The third kappa shape index (κ3) is 3.13. The van der Waals surface area contributed by atoms with E-state index in [1.807, 2.05) is 0 Å². The van der Waals surface area contributed by atoms with Crippen molar-refractivity contribution in [2.24, 2.45) is 5.92 Å². The van der Waals surface area contributed by atoms with Gasteiger partial charge in [-0.3, -0.25) is 0 Å². The number of ether oxygens (including phenoxy) is 1. The molecule has 0 saturated heterocycles. The molecule has 1 aromatic rings. The topological polar surface area (TPSA) is 46.5 Å². The Labute approximate surface area is 93.6 Å². The molecule has 1 N–H and O–H groups in total. The molecule has 1 rings (SSSR count). The molecule has 0 spiro atoms. The molecule has 0 radical (unpaired) electrons. The van der Waals surface area contributed by atoms with Gasteiger partial charge in [0.25, 0.3) is 0 Å². The minimum atomic E-state index is -0.982. The third-order valence-electron chi connectivity index (χ3n) is 1.94. The van der Waals surface area contributed by atoms with Gasteiger partial charge in [0, 0.05) is 5.92 Å². The Kier molecular flexibility index (Phi) is 3.97. The van der Waals surface area contributed by atoms with Crippen LogP contribution in [0.25, 0.3) is 0 Å². The standard InChI is InChI=1S/C11H13ClO3/c1-7(2)10(11(13)14)15-9-6-4-3-5-8(9)12/h3-7,10H,1-2H3,(H,13,14). The molecule has 0 aromatic heterocycles. The van der Waals surface area contributed by atoms with Gasteiger partial charge in [0.1, 0.15) is 5.75 Å². The van der Waals surface area contributed by atoms with Crippen LogP contribution in [-0.2, 0) is 4.79 Å². The van der Waals surface area contributed by atoms with Gasteiger partial charge in [-0.05, 0) is 12.1 Å². The Morgan fingerprint density at radius 3 is 2.47 bits per heavy atom. The van der Waals surface area contributed by atoms with Crippen LogP contribution in [0.4, 0.5) is 0 Å². The van der Waals surface area contributed by atoms with Crippen LogP contribution < -0.4 is 4.74 Å². The summed E-state index contributed by atoms with van der Waals surface area (Å²) in [7, 11) is 0. The second-order valence-electron chi connectivity index (χ2n) is 3.55. The average molecular weight is 229 g/mol. The van der Waals surface area contributed by atoms with E-state index < -0.39 is 12.1 Å². The van der Waals surface area contributed by atoms with Gasteiger partial charge in [0.2, 0.25) is 0 Å². The van der Waals surface area contributed by atoms with Crippen LogP contribution in [0.5, 0.6) is 5.75 Å². The summed E-state index contributed by atoms with van der Waals surface area (Å²) >= 11 is 5.86. The molecule has 0 heterocycles. The fourth-order valence-electron chi connectivity index (χ4n) is 1.15. The fourth-order valence-corrected chi connectivity index (χ4v) is 1.33. The van der Waals surface area contributed by atoms with Crippen molar-refractivity contribution in [3.63, 3.8) is 0 Å². The van der Waals surface area contributed by atoms with E-state index in [1.165, 1.54) is 0 Å². The monoisotopic (exact) mass is 228 g/mol. The highest BCUT2D eigenvalue weighted by molar-refractivity contribution is 6.32. The van der Waals surface area contributed by atoms with Crippen LogP contribution in [-0.4, -0.2) is 17.2 Å². The van der Waals surface area contributed by atoms with Gasteiger partial charge in [-0.1, -0.05) is 37.6 Å². The summed E-state index contributed by atoms with van der Waals surface area (Å²) in [4.78, 5) is 10.9. The maximum Gasteiger partial charge on any atom is 0.345 e. The van der Waals surface area contributed by atoms with Crippen LogP contribution in [0.3, 0.4) is 0 Å². The van der Waals surface area contributed by atoms with Crippen LogP contribution in [0.2, 0.25) is 5.02 Å². The van der Waals surface area contributed by atoms with Gasteiger partial charge >= 0.3 is 5.97 Å². The van der Waals surface area contributed by atoms with E-state index in [2.05, 4.69) is 0 Å². The zero-order chi connectivity index (χ0) is 11.4. The first kappa shape index (κ1) is 11.9. The molecule has 4 heteroatoms. The van der Waals surface area contributed by atoms with Gasteiger partial charge < -0.3 is 9.84 Å². The molecule has 0 aliphatic carbocycles. The highest BCUT2D eigenvalue weighted by Crippen LogP contribution is 2.25. The summed E-state index contributed by atoms with van der Waals surface area (Å²) in [6, 6.07) is 6.83. The first-order chi connectivity index (χ1) is 7.02. The Hall–Kier alpha value is -1.22. The van der Waals surface area contributed by atoms with Crippen LogP contribution in [0.1, 0.15) is 13.8 Å². The maximum atomic E-state index is 10.9. The van der Waals surface area contributed by atoms with Crippen LogP contribution in [0, 0.1) is 5.92 Å². The third-order valence-corrected chi connectivity index (χ3v) is 2.25. The molecule has 82 valence electrons. The van der Waals surface area contributed by atoms with Crippen molar-refractivity contribution in [1.29, 1.82) is 0 Å². The number of carbonyl (C=O) groups is 1. The minimum absolute atomic E-state index is 0.112. The van der Waals surface area contributed by atoms with E-state index in [0.29, 0.717) is 10.8 Å². The van der Waals surface area contributed by atoms with Gasteiger partial charge in [-0.25, -0.2) is 4.79 Å². The van der Waals surface area contributed by atoms with Crippen LogP contribution >= 0.6 is 11.6 Å². The summed E-state index contributed by atoms with van der Waals surface area (Å²) in [5.41, 5.74) is 0. The van der Waals surface area contributed by atoms with Crippen molar-refractivity contribution in [3.05, 3.63) is 29.3 Å². The quantitative estimate of drug-likeness (QED) is 0.862. The largest absolute Gasteiger partial charge is 0.478 e. The zero-order valence-electron chi connectivity index (χ0n) is 8.61. The van der Waals surface area contributed by atoms with Crippen molar-refractivity contribution in [3.8, 4) is 5.75 Å². The summed E-state index contributed by atoms with van der Waals surface area (Å²) in [5.74, 6) is -0.691. The predicted molar refractivity (Wildman–Crippen MR) is 58.3 cm³/mol. The second kappa shape index (κ2) is 5.03. The van der Waals surface area contributed by atoms with E-state index in [0.717, 1.165) is 0 Å². The summed E-state index contributed by atoms with van der Waals surface area (Å²) in [6.07, 6.45) is -0.870. The number of carboxylic acid groups (broad SMARTS) is 1. The molecule has 0 bridgehead atoms. The fraction of sp³-hybridized carbons (Fsp3) is 0.364. The molecule has 0 fully saturated rings. The predicted octanol–water partition coefficient (Wildman–Crippen LogP) is 2.83. The maximum absolute atomic E-state index is 10.9. The number of aliphatic carboxylic acids is 1. The summed E-state index contributed by atoms with van der Waals surface area (Å²) in [6.45, 7) is 3.57. The normalized spacial score (nSPS) is 12.5. The van der Waals surface area contributed by atoms with Crippen molar-refractivity contribution < 1.29 is 14.6 Å². The van der Waals surface area contributed by atoms with Gasteiger partial charge in [0.05, 0.1) is 5.02 Å². The molecular formula is C11H13ClO3. The molecule has 0 amide bonds. The lowest BCUT2D eigenvalue weighted by Gasteiger charge is -2.18. The average Bonchev–Trinajstić information content (AvgIpc) is 2.15. The Morgan fingerprint density at radius 2 is 2.00 bits per heavy atom. The number of halogens is 1. The summed E-state index contributed by atoms with van der Waals surface area (Å²) in [5, 5.41) is 9.35. The van der Waals surface area contributed by atoms with Gasteiger partial charge in [-0.15, -0.1) is 0 Å². The van der Waals surface area contributed by atoms with E-state index >= 15 is 0 Å². The second-order valence-corrected chi connectivity index (χ2v) is 3.96. The zero-order valence-corrected chi connectivity index (χ0v) is 9.36. The first-order valence-corrected chi connectivity index (χ1v) is 5.04. The smallest absolute Gasteiger partial charge is 0.345 e. The number of para-hydroxylation sites is 1. The van der Waals surface area contributed by atoms with E-state index in [-0.39, 0.29) is 5.92 Å². The Morgan fingerprint density at radius 1 is 1.40 bits per heavy atom. The van der Waals surface area contributed by atoms with Crippen molar-refractivity contribution in [1.82, 2.24) is 0 Å². The molecule has 0 aliphatic rings. The van der Waals surface area contributed by atoms with E-state index in [1.54, 1.807) is 38.1 Å².